The van der Waals surface area contributed by atoms with Crippen LogP contribution in [0.2, 0.25) is 0 Å². The highest BCUT2D eigenvalue weighted by atomic mass is 16.4. The van der Waals surface area contributed by atoms with Crippen molar-refractivity contribution >= 4 is 17.8 Å². The molecule has 1 fully saturated rings. The molecule has 2 heterocycles. The van der Waals surface area contributed by atoms with Crippen LogP contribution in [-0.4, -0.2) is 61.3 Å². The average molecular weight is 387 g/mol. The van der Waals surface area contributed by atoms with Crippen LogP contribution in [0.4, 0.5) is 0 Å². The molecule has 1 unspecified atom stereocenters. The SMILES string of the molecule is Cc1nn(CC(=O)N2CCC(NC(=O)c3ccccc3C(=O)O)C2)c(=O)n1C. The number of rotatable bonds is 5. The Hall–Kier alpha value is -3.43. The van der Waals surface area contributed by atoms with Crippen molar-refractivity contribution in [3.63, 3.8) is 0 Å². The van der Waals surface area contributed by atoms with E-state index in [9.17, 15) is 24.3 Å². The molecule has 1 atom stereocenters. The minimum absolute atomic E-state index is 0.0733. The lowest BCUT2D eigenvalue weighted by Gasteiger charge is -2.17. The van der Waals surface area contributed by atoms with Crippen molar-refractivity contribution in [2.24, 2.45) is 7.05 Å². The number of aryl methyl sites for hydroxylation is 1. The summed E-state index contributed by atoms with van der Waals surface area (Å²) in [6.45, 7) is 2.24. The number of nitrogens with zero attached hydrogens (tertiary/aromatic N) is 4. The summed E-state index contributed by atoms with van der Waals surface area (Å²) in [5, 5.41) is 16.0. The summed E-state index contributed by atoms with van der Waals surface area (Å²) in [4.78, 5) is 49.7. The van der Waals surface area contributed by atoms with Crippen molar-refractivity contribution in [1.29, 1.82) is 0 Å². The average Bonchev–Trinajstić information content (AvgIpc) is 3.22. The molecular weight excluding hydrogens is 366 g/mol. The highest BCUT2D eigenvalue weighted by molar-refractivity contribution is 6.04. The fourth-order valence-electron chi connectivity index (χ4n) is 3.16. The number of carbonyl (C=O) groups is 3. The van der Waals surface area contributed by atoms with E-state index in [1.54, 1.807) is 31.0 Å². The van der Waals surface area contributed by atoms with Crippen LogP contribution in [-0.2, 0) is 18.4 Å². The molecular formula is C18H21N5O5. The number of likely N-dealkylation sites (tertiary alicyclic amines) is 1. The summed E-state index contributed by atoms with van der Waals surface area (Å²) in [7, 11) is 1.59. The first kappa shape index (κ1) is 19.3. The van der Waals surface area contributed by atoms with Gasteiger partial charge in [-0.15, -0.1) is 0 Å². The predicted octanol–water partition coefficient (Wildman–Crippen LogP) is -0.381. The Morgan fingerprint density at radius 2 is 1.93 bits per heavy atom. The van der Waals surface area contributed by atoms with E-state index in [1.807, 2.05) is 0 Å². The third kappa shape index (κ3) is 3.80. The molecule has 10 nitrogen and oxygen atoms in total. The number of hydrogen-bond donors (Lipinski definition) is 2. The molecule has 0 bridgehead atoms. The van der Waals surface area contributed by atoms with Gasteiger partial charge in [-0.2, -0.15) is 5.10 Å². The lowest BCUT2D eigenvalue weighted by molar-refractivity contribution is -0.131. The summed E-state index contributed by atoms with van der Waals surface area (Å²) in [5.41, 5.74) is -0.355. The van der Waals surface area contributed by atoms with Crippen LogP contribution in [0.5, 0.6) is 0 Å². The van der Waals surface area contributed by atoms with Crippen molar-refractivity contribution in [2.45, 2.75) is 25.9 Å². The number of amides is 2. The van der Waals surface area contributed by atoms with E-state index in [1.165, 1.54) is 16.7 Å². The van der Waals surface area contributed by atoms with Crippen molar-refractivity contribution in [3.05, 3.63) is 51.7 Å². The van der Waals surface area contributed by atoms with Crippen LogP contribution >= 0.6 is 0 Å². The monoisotopic (exact) mass is 387 g/mol. The van der Waals surface area contributed by atoms with Crippen molar-refractivity contribution in [3.8, 4) is 0 Å². The Kier molecular flexibility index (Phi) is 5.30. The molecule has 0 spiro atoms. The number of carbonyl (C=O) groups excluding carboxylic acids is 2. The van der Waals surface area contributed by atoms with Crippen LogP contribution in [0, 0.1) is 6.92 Å². The van der Waals surface area contributed by atoms with Crippen LogP contribution < -0.4 is 11.0 Å². The zero-order valence-corrected chi connectivity index (χ0v) is 15.6. The van der Waals surface area contributed by atoms with Gasteiger partial charge in [-0.3, -0.25) is 14.2 Å². The van der Waals surface area contributed by atoms with E-state index in [0.717, 1.165) is 4.68 Å². The number of nitrogens with one attached hydrogen (secondary N) is 1. The van der Waals surface area contributed by atoms with Crippen LogP contribution in [0.25, 0.3) is 0 Å². The predicted molar refractivity (Wildman–Crippen MR) is 98.1 cm³/mol. The number of aromatic nitrogens is 3. The lowest BCUT2D eigenvalue weighted by atomic mass is 10.1. The van der Waals surface area contributed by atoms with Gasteiger partial charge in [-0.05, 0) is 25.5 Å². The van der Waals surface area contributed by atoms with E-state index in [4.69, 9.17) is 0 Å². The standard InChI is InChI=1S/C18H21N5O5/c1-11-20-23(18(28)21(11)2)10-15(24)22-8-7-12(9-22)19-16(25)13-5-3-4-6-14(13)17(26)27/h3-6,12H,7-10H2,1-2H3,(H,19,25)(H,26,27). The molecule has 28 heavy (non-hydrogen) atoms. The van der Waals surface area contributed by atoms with Gasteiger partial charge in [0, 0.05) is 26.2 Å². The largest absolute Gasteiger partial charge is 0.478 e. The molecule has 1 saturated heterocycles. The number of carboxylic acid groups (broad SMARTS) is 1. The molecule has 10 heteroatoms. The van der Waals surface area contributed by atoms with Crippen LogP contribution in [0.1, 0.15) is 33.0 Å². The molecule has 0 aliphatic carbocycles. The van der Waals surface area contributed by atoms with Gasteiger partial charge in [0.05, 0.1) is 11.1 Å². The van der Waals surface area contributed by atoms with E-state index >= 15 is 0 Å². The fourth-order valence-corrected chi connectivity index (χ4v) is 3.16. The van der Waals surface area contributed by atoms with Crippen molar-refractivity contribution < 1.29 is 19.5 Å². The molecule has 1 aromatic carbocycles. The summed E-state index contributed by atoms with van der Waals surface area (Å²) in [6, 6.07) is 5.68. The molecule has 2 aromatic rings. The number of aromatic carboxylic acids is 1. The Labute approximate surface area is 160 Å². The lowest BCUT2D eigenvalue weighted by Crippen LogP contribution is -2.40. The normalized spacial score (nSPS) is 16.2. The summed E-state index contributed by atoms with van der Waals surface area (Å²) in [5.74, 6) is -1.41. The number of carboxylic acids is 1. The molecule has 2 amide bonds. The molecule has 1 aromatic heterocycles. The first-order chi connectivity index (χ1) is 13.3. The third-order valence-electron chi connectivity index (χ3n) is 4.82. The van der Waals surface area contributed by atoms with Gasteiger partial charge < -0.3 is 15.3 Å². The molecule has 3 rings (SSSR count). The second-order valence-corrected chi connectivity index (χ2v) is 6.70. The minimum atomic E-state index is -1.18. The molecule has 148 valence electrons. The van der Waals surface area contributed by atoms with E-state index in [-0.39, 0.29) is 35.3 Å². The van der Waals surface area contributed by atoms with Gasteiger partial charge in [0.25, 0.3) is 5.91 Å². The van der Waals surface area contributed by atoms with E-state index in [0.29, 0.717) is 25.3 Å². The smallest absolute Gasteiger partial charge is 0.346 e. The maximum absolute atomic E-state index is 12.5. The summed E-state index contributed by atoms with van der Waals surface area (Å²) in [6.07, 6.45) is 0.545. The van der Waals surface area contributed by atoms with Crippen LogP contribution in [0.3, 0.4) is 0 Å². The molecule has 0 radical (unpaired) electrons. The van der Waals surface area contributed by atoms with Gasteiger partial charge in [-0.1, -0.05) is 12.1 Å². The maximum atomic E-state index is 12.5. The number of benzene rings is 1. The van der Waals surface area contributed by atoms with E-state index < -0.39 is 11.9 Å². The molecule has 1 aliphatic rings. The van der Waals surface area contributed by atoms with Gasteiger partial charge >= 0.3 is 11.7 Å². The second kappa shape index (κ2) is 7.67. The number of hydrogen-bond acceptors (Lipinski definition) is 5. The van der Waals surface area contributed by atoms with Gasteiger partial charge in [0.2, 0.25) is 5.91 Å². The highest BCUT2D eigenvalue weighted by Gasteiger charge is 2.29. The summed E-state index contributed by atoms with van der Waals surface area (Å²) < 4.78 is 2.48. The topological polar surface area (TPSA) is 127 Å². The maximum Gasteiger partial charge on any atom is 0.346 e. The Morgan fingerprint density at radius 1 is 1.25 bits per heavy atom. The second-order valence-electron chi connectivity index (χ2n) is 6.70. The Balaban J connectivity index is 1.62. The van der Waals surface area contributed by atoms with Gasteiger partial charge in [-0.25, -0.2) is 14.3 Å². The summed E-state index contributed by atoms with van der Waals surface area (Å²) >= 11 is 0. The quantitative estimate of drug-likeness (QED) is 0.720. The van der Waals surface area contributed by atoms with Crippen molar-refractivity contribution in [2.75, 3.05) is 13.1 Å². The van der Waals surface area contributed by atoms with Crippen molar-refractivity contribution in [1.82, 2.24) is 24.6 Å². The Bertz CT molecular complexity index is 992. The highest BCUT2D eigenvalue weighted by Crippen LogP contribution is 2.13. The minimum Gasteiger partial charge on any atom is -0.478 e. The fraction of sp³-hybridized carbons (Fsp3) is 0.389. The molecule has 1 aliphatic heterocycles. The zero-order chi connectivity index (χ0) is 20.4. The third-order valence-corrected chi connectivity index (χ3v) is 4.82. The first-order valence-electron chi connectivity index (χ1n) is 8.79. The molecule has 2 N–H and O–H groups in total. The van der Waals surface area contributed by atoms with E-state index in [2.05, 4.69) is 10.4 Å². The first-order valence-corrected chi connectivity index (χ1v) is 8.79. The Morgan fingerprint density at radius 3 is 2.54 bits per heavy atom. The van der Waals surface area contributed by atoms with Crippen LogP contribution in [0.15, 0.2) is 29.1 Å². The van der Waals surface area contributed by atoms with Gasteiger partial charge in [0.15, 0.2) is 0 Å². The van der Waals surface area contributed by atoms with Gasteiger partial charge in [0.1, 0.15) is 12.4 Å². The zero-order valence-electron chi connectivity index (χ0n) is 15.6. The molecule has 0 saturated carbocycles.